The van der Waals surface area contributed by atoms with Crippen LogP contribution in [-0.2, 0) is 4.79 Å². The molecule has 0 radical (unpaired) electrons. The molecule has 50 valence electrons. The lowest BCUT2D eigenvalue weighted by molar-refractivity contribution is -0.119. The van der Waals surface area contributed by atoms with Crippen LogP contribution in [-0.4, -0.2) is 17.7 Å². The van der Waals surface area contributed by atoms with Crippen molar-refractivity contribution in [1.29, 1.82) is 0 Å². The lowest BCUT2D eigenvalue weighted by atomic mass is 10.2. The molecule has 4 nitrogen and oxygen atoms in total. The predicted molar refractivity (Wildman–Crippen MR) is 33.8 cm³/mol. The molecule has 0 spiro atoms. The van der Waals surface area contributed by atoms with Crippen LogP contribution in [0.4, 0.5) is 0 Å². The summed E-state index contributed by atoms with van der Waals surface area (Å²) in [5, 5.41) is 3.71. The van der Waals surface area contributed by atoms with Gasteiger partial charge in [-0.25, -0.2) is 5.43 Å². The lowest BCUT2D eigenvalue weighted by Gasteiger charge is -1.98. The van der Waals surface area contributed by atoms with E-state index in [-0.39, 0.29) is 11.9 Å². The van der Waals surface area contributed by atoms with Crippen molar-refractivity contribution in [3.8, 4) is 0 Å². The molecule has 1 aliphatic heterocycles. The minimum Gasteiger partial charge on any atom is -0.323 e. The van der Waals surface area contributed by atoms with E-state index < -0.39 is 0 Å². The molecule has 0 aliphatic carbocycles. The van der Waals surface area contributed by atoms with E-state index in [2.05, 4.69) is 10.5 Å². The number of nitrogens with zero attached hydrogens (tertiary/aromatic N) is 1. The van der Waals surface area contributed by atoms with Crippen LogP contribution in [0.5, 0.6) is 0 Å². The summed E-state index contributed by atoms with van der Waals surface area (Å²) in [4.78, 5) is 10.5. The van der Waals surface area contributed by atoms with Crippen molar-refractivity contribution < 1.29 is 4.79 Å². The first-order valence-electron chi connectivity index (χ1n) is 2.81. The number of nitrogens with one attached hydrogen (secondary N) is 1. The summed E-state index contributed by atoms with van der Waals surface area (Å²) in [6, 6.07) is -0.107. The Labute approximate surface area is 53.1 Å². The van der Waals surface area contributed by atoms with Crippen LogP contribution in [0.15, 0.2) is 5.10 Å². The first-order valence-corrected chi connectivity index (χ1v) is 2.81. The van der Waals surface area contributed by atoms with Crippen LogP contribution in [0.25, 0.3) is 0 Å². The van der Waals surface area contributed by atoms with Crippen LogP contribution in [0.3, 0.4) is 0 Å². The zero-order chi connectivity index (χ0) is 6.85. The van der Waals surface area contributed by atoms with Gasteiger partial charge in [0, 0.05) is 6.04 Å². The lowest BCUT2D eigenvalue weighted by Crippen LogP contribution is -2.25. The van der Waals surface area contributed by atoms with E-state index >= 15 is 0 Å². The summed E-state index contributed by atoms with van der Waals surface area (Å²) in [5.74, 6) is -0.0673. The summed E-state index contributed by atoms with van der Waals surface area (Å²) in [6.45, 7) is 1.80. The van der Waals surface area contributed by atoms with Crippen LogP contribution in [0, 0.1) is 0 Å². The Hall–Kier alpha value is -0.900. The highest BCUT2D eigenvalue weighted by Crippen LogP contribution is 1.97. The summed E-state index contributed by atoms with van der Waals surface area (Å²) in [5.41, 5.74) is 8.49. The number of carbonyl (C=O) groups excluding carboxylic acids is 1. The third-order valence-electron chi connectivity index (χ3n) is 1.19. The number of hydrogen-bond acceptors (Lipinski definition) is 3. The molecule has 0 aromatic carbocycles. The third kappa shape index (κ3) is 1.26. The van der Waals surface area contributed by atoms with E-state index in [1.54, 1.807) is 6.92 Å². The summed E-state index contributed by atoms with van der Waals surface area (Å²) >= 11 is 0. The van der Waals surface area contributed by atoms with Crippen LogP contribution < -0.4 is 11.2 Å². The highest BCUT2D eigenvalue weighted by atomic mass is 16.2. The second-order valence-electron chi connectivity index (χ2n) is 2.10. The van der Waals surface area contributed by atoms with Gasteiger partial charge >= 0.3 is 0 Å². The van der Waals surface area contributed by atoms with Gasteiger partial charge < -0.3 is 5.73 Å². The van der Waals surface area contributed by atoms with Crippen molar-refractivity contribution >= 4 is 11.6 Å². The number of hydrazone groups is 1. The van der Waals surface area contributed by atoms with Gasteiger partial charge in [0.1, 0.15) is 0 Å². The molecule has 0 bridgehead atoms. The highest BCUT2D eigenvalue weighted by Gasteiger charge is 2.16. The third-order valence-corrected chi connectivity index (χ3v) is 1.19. The average Bonchev–Trinajstić information content (AvgIpc) is 2.14. The molecule has 0 saturated heterocycles. The zero-order valence-electron chi connectivity index (χ0n) is 5.22. The van der Waals surface area contributed by atoms with Crippen molar-refractivity contribution in [2.75, 3.05) is 0 Å². The second kappa shape index (κ2) is 2.14. The molecular weight excluding hydrogens is 118 g/mol. The molecule has 1 amide bonds. The fraction of sp³-hybridized carbons (Fsp3) is 0.600. The van der Waals surface area contributed by atoms with Gasteiger partial charge in [0.2, 0.25) is 5.91 Å². The molecule has 9 heavy (non-hydrogen) atoms. The van der Waals surface area contributed by atoms with Crippen molar-refractivity contribution in [3.63, 3.8) is 0 Å². The van der Waals surface area contributed by atoms with E-state index in [9.17, 15) is 4.79 Å². The van der Waals surface area contributed by atoms with E-state index in [1.807, 2.05) is 0 Å². The normalized spacial score (nSPS) is 21.1. The maximum atomic E-state index is 10.5. The molecule has 1 aliphatic rings. The summed E-state index contributed by atoms with van der Waals surface area (Å²) in [7, 11) is 0. The first kappa shape index (κ1) is 6.22. The fourth-order valence-electron chi connectivity index (χ4n) is 0.641. The predicted octanol–water partition coefficient (Wildman–Crippen LogP) is -0.790. The van der Waals surface area contributed by atoms with Crippen LogP contribution in [0.2, 0.25) is 0 Å². The van der Waals surface area contributed by atoms with Gasteiger partial charge in [-0.3, -0.25) is 4.79 Å². The molecule has 1 atom stereocenters. The fourth-order valence-corrected chi connectivity index (χ4v) is 0.641. The number of nitrogens with two attached hydrogens (primary N) is 1. The number of amides is 1. The van der Waals surface area contributed by atoms with Gasteiger partial charge in [0.15, 0.2) is 0 Å². The topological polar surface area (TPSA) is 67.5 Å². The smallest absolute Gasteiger partial charge is 0.245 e. The minimum atomic E-state index is -0.107. The Morgan fingerprint density at radius 3 is 2.78 bits per heavy atom. The molecule has 4 heteroatoms. The van der Waals surface area contributed by atoms with Gasteiger partial charge in [-0.15, -0.1) is 0 Å². The van der Waals surface area contributed by atoms with E-state index in [0.29, 0.717) is 6.42 Å². The molecule has 0 saturated carbocycles. The standard InChI is InChI=1S/C5H9N3O/c1-3(6)4-2-5(9)8-7-4/h3H,2,6H2,1H3,(H,8,9)/t3-/m0/s1. The highest BCUT2D eigenvalue weighted by molar-refractivity contribution is 6.07. The van der Waals surface area contributed by atoms with Gasteiger partial charge in [-0.1, -0.05) is 0 Å². The van der Waals surface area contributed by atoms with E-state index in [1.165, 1.54) is 0 Å². The van der Waals surface area contributed by atoms with E-state index in [4.69, 9.17) is 5.73 Å². The molecule has 1 heterocycles. The zero-order valence-corrected chi connectivity index (χ0v) is 5.22. The molecule has 0 fully saturated rings. The molecule has 1 rings (SSSR count). The monoisotopic (exact) mass is 127 g/mol. The van der Waals surface area contributed by atoms with Gasteiger partial charge in [-0.2, -0.15) is 5.10 Å². The number of carbonyl (C=O) groups is 1. The molecule has 3 N–H and O–H groups in total. The van der Waals surface area contributed by atoms with Crippen LogP contribution in [0.1, 0.15) is 13.3 Å². The van der Waals surface area contributed by atoms with Crippen molar-refractivity contribution in [3.05, 3.63) is 0 Å². The van der Waals surface area contributed by atoms with Crippen molar-refractivity contribution in [1.82, 2.24) is 5.43 Å². The molecule has 0 unspecified atom stereocenters. The number of hydrogen-bond donors (Lipinski definition) is 2. The minimum absolute atomic E-state index is 0.0673. The van der Waals surface area contributed by atoms with Crippen molar-refractivity contribution in [2.45, 2.75) is 19.4 Å². The quantitative estimate of drug-likeness (QED) is 0.484. The Morgan fingerprint density at radius 2 is 2.56 bits per heavy atom. The molecule has 0 aromatic rings. The second-order valence-corrected chi connectivity index (χ2v) is 2.10. The van der Waals surface area contributed by atoms with E-state index in [0.717, 1.165) is 5.71 Å². The Balaban J connectivity index is 2.55. The SMILES string of the molecule is C[C@H](N)C1=NNC(=O)C1. The van der Waals surface area contributed by atoms with Gasteiger partial charge in [0.25, 0.3) is 0 Å². The average molecular weight is 127 g/mol. The molecule has 0 aromatic heterocycles. The van der Waals surface area contributed by atoms with Crippen LogP contribution >= 0.6 is 0 Å². The Bertz CT molecular complexity index is 162. The summed E-state index contributed by atoms with van der Waals surface area (Å²) in [6.07, 6.45) is 0.359. The molecular formula is C5H9N3O. The summed E-state index contributed by atoms with van der Waals surface area (Å²) < 4.78 is 0. The van der Waals surface area contributed by atoms with Gasteiger partial charge in [0.05, 0.1) is 12.1 Å². The first-order chi connectivity index (χ1) is 4.20. The Morgan fingerprint density at radius 1 is 1.89 bits per heavy atom. The largest absolute Gasteiger partial charge is 0.323 e. The van der Waals surface area contributed by atoms with Gasteiger partial charge in [-0.05, 0) is 6.92 Å². The maximum Gasteiger partial charge on any atom is 0.245 e. The Kier molecular flexibility index (Phi) is 1.48. The number of rotatable bonds is 1. The van der Waals surface area contributed by atoms with Crippen molar-refractivity contribution in [2.24, 2.45) is 10.8 Å². The maximum absolute atomic E-state index is 10.5.